The summed E-state index contributed by atoms with van der Waals surface area (Å²) < 4.78 is 5.34. The van der Waals surface area contributed by atoms with Crippen LogP contribution in [0.3, 0.4) is 0 Å². The molecule has 27 heavy (non-hydrogen) atoms. The fraction of sp³-hybridized carbons (Fsp3) is 0.889. The molecule has 0 bridgehead atoms. The molecule has 160 valence electrons. The maximum Gasteiger partial charge on any atom is 0.225 e. The van der Waals surface area contributed by atoms with E-state index < -0.39 is 5.54 Å². The fourth-order valence-corrected chi connectivity index (χ4v) is 3.74. The van der Waals surface area contributed by atoms with Gasteiger partial charge in [-0.05, 0) is 19.3 Å². The predicted molar refractivity (Wildman–Crippen MR) is 111 cm³/mol. The smallest absolute Gasteiger partial charge is 0.225 e. The number of likely N-dealkylation sites (tertiary alicyclic amines) is 1. The Hall–Kier alpha value is -0.600. The Bertz CT molecular complexity index is 476. The van der Waals surface area contributed by atoms with E-state index in [1.54, 1.807) is 0 Å². The minimum absolute atomic E-state index is 0. The van der Waals surface area contributed by atoms with Crippen molar-refractivity contribution in [3.8, 4) is 0 Å². The first-order valence-corrected chi connectivity index (χ1v) is 9.43. The number of carbonyl (C=O) groups excluding carboxylic acids is 2. The van der Waals surface area contributed by atoms with Crippen LogP contribution in [0.4, 0.5) is 0 Å². The molecule has 2 heterocycles. The van der Waals surface area contributed by atoms with Crippen LogP contribution in [-0.2, 0) is 14.3 Å². The molecule has 0 aromatic heterocycles. The number of nitrogens with zero attached hydrogens (tertiary/aromatic N) is 2. The van der Waals surface area contributed by atoms with Crippen molar-refractivity contribution in [1.82, 2.24) is 15.1 Å². The highest BCUT2D eigenvalue weighted by Crippen LogP contribution is 2.21. The van der Waals surface area contributed by atoms with Gasteiger partial charge in [-0.15, -0.1) is 24.8 Å². The summed E-state index contributed by atoms with van der Waals surface area (Å²) in [6.45, 7) is 12.0. The first-order valence-electron chi connectivity index (χ1n) is 9.43. The molecule has 9 heteroatoms. The zero-order valence-corrected chi connectivity index (χ0v) is 18.4. The van der Waals surface area contributed by atoms with E-state index in [2.05, 4.69) is 24.1 Å². The third-order valence-electron chi connectivity index (χ3n) is 5.11. The van der Waals surface area contributed by atoms with Gasteiger partial charge in [-0.2, -0.15) is 0 Å². The molecule has 2 unspecified atom stereocenters. The van der Waals surface area contributed by atoms with Gasteiger partial charge in [-0.3, -0.25) is 14.5 Å². The Balaban J connectivity index is 0.00000338. The van der Waals surface area contributed by atoms with Crippen LogP contribution in [0.1, 0.15) is 33.6 Å². The molecule has 2 atom stereocenters. The molecule has 0 radical (unpaired) electrons. The van der Waals surface area contributed by atoms with Crippen LogP contribution in [0.15, 0.2) is 0 Å². The van der Waals surface area contributed by atoms with E-state index in [1.807, 2.05) is 11.8 Å². The molecular weight excluding hydrogens is 391 g/mol. The first-order chi connectivity index (χ1) is 11.8. The van der Waals surface area contributed by atoms with Gasteiger partial charge in [0.25, 0.3) is 0 Å². The van der Waals surface area contributed by atoms with Crippen LogP contribution >= 0.6 is 24.8 Å². The van der Waals surface area contributed by atoms with Gasteiger partial charge in [-0.25, -0.2) is 0 Å². The van der Waals surface area contributed by atoms with Crippen LogP contribution in [0, 0.1) is 11.8 Å². The second kappa shape index (κ2) is 12.1. The number of amides is 2. The number of nitrogens with one attached hydrogen (secondary N) is 1. The third-order valence-corrected chi connectivity index (χ3v) is 5.11. The number of hydrogen-bond acceptors (Lipinski definition) is 5. The van der Waals surface area contributed by atoms with Crippen molar-refractivity contribution in [3.05, 3.63) is 0 Å². The van der Waals surface area contributed by atoms with Crippen LogP contribution in [0.25, 0.3) is 0 Å². The molecule has 0 aromatic rings. The summed E-state index contributed by atoms with van der Waals surface area (Å²) in [4.78, 5) is 29.0. The van der Waals surface area contributed by atoms with Crippen molar-refractivity contribution in [1.29, 1.82) is 0 Å². The lowest BCUT2D eigenvalue weighted by Crippen LogP contribution is -2.54. The molecule has 2 aliphatic heterocycles. The molecule has 0 saturated carbocycles. The van der Waals surface area contributed by atoms with Crippen molar-refractivity contribution in [2.75, 3.05) is 52.5 Å². The van der Waals surface area contributed by atoms with E-state index >= 15 is 0 Å². The number of halogens is 2. The Labute approximate surface area is 175 Å². The summed E-state index contributed by atoms with van der Waals surface area (Å²) in [5.74, 6) is 0.210. The average molecular weight is 427 g/mol. The molecule has 3 N–H and O–H groups in total. The summed E-state index contributed by atoms with van der Waals surface area (Å²) in [5, 5.41) is 3.09. The highest BCUT2D eigenvalue weighted by molar-refractivity contribution is 5.89. The van der Waals surface area contributed by atoms with Gasteiger partial charge in [0.1, 0.15) is 0 Å². The number of carbonyl (C=O) groups is 2. The lowest BCUT2D eigenvalue weighted by Gasteiger charge is -2.32. The molecule has 0 aliphatic carbocycles. The first kappa shape index (κ1) is 26.4. The Kier molecular flexibility index (Phi) is 11.8. The van der Waals surface area contributed by atoms with Crippen molar-refractivity contribution >= 4 is 36.6 Å². The largest absolute Gasteiger partial charge is 0.379 e. The molecule has 2 saturated heterocycles. The zero-order chi connectivity index (χ0) is 18.4. The number of ether oxygens (including phenoxy) is 1. The van der Waals surface area contributed by atoms with Gasteiger partial charge < -0.3 is 20.7 Å². The van der Waals surface area contributed by atoms with E-state index in [4.69, 9.17) is 10.5 Å². The van der Waals surface area contributed by atoms with Crippen LogP contribution < -0.4 is 11.1 Å². The second-order valence-corrected chi connectivity index (χ2v) is 8.05. The number of rotatable bonds is 8. The summed E-state index contributed by atoms with van der Waals surface area (Å²) in [6, 6.07) is 0. The van der Waals surface area contributed by atoms with Crippen molar-refractivity contribution < 1.29 is 14.3 Å². The highest BCUT2D eigenvalue weighted by atomic mass is 35.5. The van der Waals surface area contributed by atoms with E-state index in [0.29, 0.717) is 32.0 Å². The van der Waals surface area contributed by atoms with Crippen LogP contribution in [0.2, 0.25) is 0 Å². The molecule has 2 amide bonds. The van der Waals surface area contributed by atoms with Gasteiger partial charge in [-0.1, -0.05) is 13.8 Å². The van der Waals surface area contributed by atoms with Gasteiger partial charge in [0.2, 0.25) is 11.8 Å². The average Bonchev–Trinajstić information content (AvgIpc) is 2.94. The summed E-state index contributed by atoms with van der Waals surface area (Å²) >= 11 is 0. The van der Waals surface area contributed by atoms with E-state index in [1.165, 1.54) is 0 Å². The summed E-state index contributed by atoms with van der Waals surface area (Å²) in [5.41, 5.74) is 5.47. The number of hydrogen-bond donors (Lipinski definition) is 2. The fourth-order valence-electron chi connectivity index (χ4n) is 3.74. The monoisotopic (exact) mass is 426 g/mol. The van der Waals surface area contributed by atoms with E-state index in [0.717, 1.165) is 39.3 Å². The topological polar surface area (TPSA) is 87.9 Å². The lowest BCUT2D eigenvalue weighted by atomic mass is 9.90. The molecule has 0 aromatic carbocycles. The maximum absolute atomic E-state index is 12.6. The molecule has 2 aliphatic rings. The Morgan fingerprint density at radius 2 is 1.93 bits per heavy atom. The molecular formula is C18H36Cl2N4O3. The summed E-state index contributed by atoms with van der Waals surface area (Å²) in [6.07, 6.45) is 1.13. The summed E-state index contributed by atoms with van der Waals surface area (Å²) in [7, 11) is 0. The normalized spacial score (nSPS) is 22.8. The van der Waals surface area contributed by atoms with E-state index in [9.17, 15) is 9.59 Å². The predicted octanol–water partition coefficient (Wildman–Crippen LogP) is 0.890. The standard InChI is InChI=1S/C18H34N4O3.2ClH/c1-14(2)11-18(3,13-19)20-17(24)15-10-16(23)22(12-15)5-4-21-6-8-25-9-7-21;;/h14-15H,4-13,19H2,1-3H3,(H,20,24);2*1H. The number of morpholine rings is 1. The molecule has 2 fully saturated rings. The van der Waals surface area contributed by atoms with Gasteiger partial charge in [0.15, 0.2) is 0 Å². The van der Waals surface area contributed by atoms with Crippen molar-refractivity contribution in [2.24, 2.45) is 17.6 Å². The number of nitrogens with two attached hydrogens (primary N) is 1. The van der Waals surface area contributed by atoms with Crippen LogP contribution in [0.5, 0.6) is 0 Å². The second-order valence-electron chi connectivity index (χ2n) is 8.05. The highest BCUT2D eigenvalue weighted by Gasteiger charge is 2.37. The molecule has 7 nitrogen and oxygen atoms in total. The Morgan fingerprint density at radius 1 is 1.30 bits per heavy atom. The van der Waals surface area contributed by atoms with Gasteiger partial charge in [0.05, 0.1) is 19.1 Å². The minimum Gasteiger partial charge on any atom is -0.379 e. The lowest BCUT2D eigenvalue weighted by molar-refractivity contribution is -0.129. The third kappa shape index (κ3) is 8.11. The SMILES string of the molecule is CC(C)CC(C)(CN)NC(=O)C1CC(=O)N(CCN2CCOCC2)C1.Cl.Cl. The van der Waals surface area contributed by atoms with Crippen LogP contribution in [-0.4, -0.2) is 79.6 Å². The van der Waals surface area contributed by atoms with E-state index in [-0.39, 0.29) is 42.5 Å². The minimum atomic E-state index is -0.407. The Morgan fingerprint density at radius 3 is 2.48 bits per heavy atom. The van der Waals surface area contributed by atoms with Gasteiger partial charge in [0, 0.05) is 51.2 Å². The maximum atomic E-state index is 12.6. The molecule has 0 spiro atoms. The quantitative estimate of drug-likeness (QED) is 0.601. The van der Waals surface area contributed by atoms with Crippen molar-refractivity contribution in [2.45, 2.75) is 39.2 Å². The van der Waals surface area contributed by atoms with Gasteiger partial charge >= 0.3 is 0 Å². The zero-order valence-electron chi connectivity index (χ0n) is 16.7. The molecule has 2 rings (SSSR count). The van der Waals surface area contributed by atoms with Crippen molar-refractivity contribution in [3.63, 3.8) is 0 Å².